The predicted molar refractivity (Wildman–Crippen MR) is 60.5 cm³/mol. The van der Waals surface area contributed by atoms with E-state index in [2.05, 4.69) is 49.5 Å². The Hall–Kier alpha value is -0.820. The molecule has 0 aliphatic carbocycles. The van der Waals surface area contributed by atoms with Crippen molar-refractivity contribution in [2.75, 3.05) is 6.54 Å². The molecule has 0 spiro atoms. The Morgan fingerprint density at radius 1 is 1.21 bits per heavy atom. The molecule has 1 aromatic carbocycles. The fraction of sp³-hybridized carbons (Fsp3) is 0.538. The molecule has 0 bridgehead atoms. The Labute approximate surface area is 86.5 Å². The molecule has 1 nitrogen and oxygen atoms in total. The molecule has 1 fully saturated rings. The Balaban J connectivity index is 2.22. The van der Waals surface area contributed by atoms with E-state index >= 15 is 0 Å². The van der Waals surface area contributed by atoms with Crippen molar-refractivity contribution in [1.29, 1.82) is 0 Å². The van der Waals surface area contributed by atoms with Gasteiger partial charge in [-0.3, -0.25) is 0 Å². The lowest BCUT2D eigenvalue weighted by Gasteiger charge is -2.32. The number of hydrogen-bond donors (Lipinski definition) is 1. The van der Waals surface area contributed by atoms with Gasteiger partial charge in [0.05, 0.1) is 0 Å². The lowest BCUT2D eigenvalue weighted by Crippen LogP contribution is -2.40. The third-order valence-corrected chi connectivity index (χ3v) is 3.45. The van der Waals surface area contributed by atoms with Gasteiger partial charge in [0.25, 0.3) is 0 Å². The maximum atomic E-state index is 3.60. The first-order chi connectivity index (χ1) is 6.71. The van der Waals surface area contributed by atoms with E-state index < -0.39 is 0 Å². The van der Waals surface area contributed by atoms with Crippen LogP contribution in [0.25, 0.3) is 0 Å². The quantitative estimate of drug-likeness (QED) is 0.754. The molecule has 1 heterocycles. The van der Waals surface area contributed by atoms with E-state index in [-0.39, 0.29) is 5.41 Å². The Morgan fingerprint density at radius 2 is 1.93 bits per heavy atom. The van der Waals surface area contributed by atoms with Crippen LogP contribution >= 0.6 is 0 Å². The summed E-state index contributed by atoms with van der Waals surface area (Å²) in [5.74, 6) is 0. The Morgan fingerprint density at radius 3 is 2.50 bits per heavy atom. The highest BCUT2D eigenvalue weighted by Gasteiger charge is 2.32. The van der Waals surface area contributed by atoms with Crippen molar-refractivity contribution in [3.8, 4) is 0 Å². The van der Waals surface area contributed by atoms with E-state index in [0.29, 0.717) is 6.04 Å². The Bertz CT molecular complexity index is 283. The normalized spacial score (nSPS) is 22.6. The second-order valence-electron chi connectivity index (χ2n) is 4.74. The molecular formula is C13H19N. The molecule has 1 heteroatoms. The summed E-state index contributed by atoms with van der Waals surface area (Å²) in [4.78, 5) is 0. The van der Waals surface area contributed by atoms with E-state index in [1.165, 1.54) is 24.9 Å². The third kappa shape index (κ3) is 1.69. The molecule has 0 radical (unpaired) electrons. The molecule has 1 aromatic rings. The van der Waals surface area contributed by atoms with Crippen molar-refractivity contribution in [3.05, 3.63) is 35.9 Å². The highest BCUT2D eigenvalue weighted by Crippen LogP contribution is 2.31. The largest absolute Gasteiger partial charge is 0.313 e. The highest BCUT2D eigenvalue weighted by atomic mass is 15.0. The first-order valence-corrected chi connectivity index (χ1v) is 5.50. The number of nitrogens with one attached hydrogen (secondary N) is 1. The molecule has 0 amide bonds. The average Bonchev–Trinajstić information content (AvgIpc) is 2.72. The second-order valence-corrected chi connectivity index (χ2v) is 4.74. The van der Waals surface area contributed by atoms with Crippen molar-refractivity contribution in [2.45, 2.75) is 38.1 Å². The van der Waals surface area contributed by atoms with Crippen molar-refractivity contribution in [2.24, 2.45) is 0 Å². The van der Waals surface area contributed by atoms with Crippen LogP contribution < -0.4 is 5.32 Å². The zero-order valence-electron chi connectivity index (χ0n) is 9.09. The third-order valence-electron chi connectivity index (χ3n) is 3.45. The predicted octanol–water partition coefficient (Wildman–Crippen LogP) is 2.72. The van der Waals surface area contributed by atoms with Crippen LogP contribution in [-0.2, 0) is 5.41 Å². The number of hydrogen-bond acceptors (Lipinski definition) is 1. The van der Waals surface area contributed by atoms with Gasteiger partial charge in [0.15, 0.2) is 0 Å². The van der Waals surface area contributed by atoms with Crippen molar-refractivity contribution >= 4 is 0 Å². The molecule has 0 aromatic heterocycles. The van der Waals surface area contributed by atoms with Gasteiger partial charge in [0.2, 0.25) is 0 Å². The fourth-order valence-corrected chi connectivity index (χ4v) is 2.37. The Kier molecular flexibility index (Phi) is 2.60. The molecule has 1 saturated heterocycles. The monoisotopic (exact) mass is 189 g/mol. The molecule has 1 N–H and O–H groups in total. The molecule has 1 aliphatic rings. The van der Waals surface area contributed by atoms with Crippen LogP contribution in [0.1, 0.15) is 32.3 Å². The molecule has 76 valence electrons. The van der Waals surface area contributed by atoms with Gasteiger partial charge >= 0.3 is 0 Å². The van der Waals surface area contributed by atoms with Gasteiger partial charge in [-0.05, 0) is 24.9 Å². The van der Waals surface area contributed by atoms with Gasteiger partial charge in [-0.1, -0.05) is 44.2 Å². The average molecular weight is 189 g/mol. The fourth-order valence-electron chi connectivity index (χ4n) is 2.37. The van der Waals surface area contributed by atoms with Crippen molar-refractivity contribution in [1.82, 2.24) is 5.32 Å². The maximum absolute atomic E-state index is 3.60. The summed E-state index contributed by atoms with van der Waals surface area (Å²) in [7, 11) is 0. The van der Waals surface area contributed by atoms with Crippen LogP contribution in [-0.4, -0.2) is 12.6 Å². The molecule has 14 heavy (non-hydrogen) atoms. The summed E-state index contributed by atoms with van der Waals surface area (Å²) in [5, 5.41) is 3.60. The van der Waals surface area contributed by atoms with Crippen LogP contribution in [0.5, 0.6) is 0 Å². The number of benzene rings is 1. The molecule has 1 aliphatic heterocycles. The molecular weight excluding hydrogens is 170 g/mol. The van der Waals surface area contributed by atoms with Gasteiger partial charge in [-0.15, -0.1) is 0 Å². The zero-order valence-corrected chi connectivity index (χ0v) is 9.09. The smallest absolute Gasteiger partial charge is 0.0159 e. The van der Waals surface area contributed by atoms with Crippen LogP contribution in [0, 0.1) is 0 Å². The summed E-state index contributed by atoms with van der Waals surface area (Å²) >= 11 is 0. The zero-order chi connectivity index (χ0) is 10.0. The number of rotatable bonds is 2. The summed E-state index contributed by atoms with van der Waals surface area (Å²) in [6, 6.07) is 11.5. The lowest BCUT2D eigenvalue weighted by molar-refractivity contribution is 0.377. The van der Waals surface area contributed by atoms with Gasteiger partial charge in [0, 0.05) is 11.5 Å². The van der Waals surface area contributed by atoms with E-state index in [1.807, 2.05) is 0 Å². The molecule has 0 unspecified atom stereocenters. The molecule has 2 rings (SSSR count). The summed E-state index contributed by atoms with van der Waals surface area (Å²) in [6.07, 6.45) is 2.63. The van der Waals surface area contributed by atoms with Crippen LogP contribution in [0.2, 0.25) is 0 Å². The minimum absolute atomic E-state index is 0.262. The summed E-state index contributed by atoms with van der Waals surface area (Å²) < 4.78 is 0. The van der Waals surface area contributed by atoms with Gasteiger partial charge in [-0.25, -0.2) is 0 Å². The first-order valence-electron chi connectivity index (χ1n) is 5.50. The summed E-state index contributed by atoms with van der Waals surface area (Å²) in [6.45, 7) is 5.86. The van der Waals surface area contributed by atoms with Crippen LogP contribution in [0.4, 0.5) is 0 Å². The molecule has 0 saturated carbocycles. The van der Waals surface area contributed by atoms with E-state index in [4.69, 9.17) is 0 Å². The first kappa shape index (κ1) is 9.72. The topological polar surface area (TPSA) is 12.0 Å². The van der Waals surface area contributed by atoms with Crippen molar-refractivity contribution < 1.29 is 0 Å². The van der Waals surface area contributed by atoms with Crippen LogP contribution in [0.3, 0.4) is 0 Å². The van der Waals surface area contributed by atoms with E-state index in [9.17, 15) is 0 Å². The summed E-state index contributed by atoms with van der Waals surface area (Å²) in [5.41, 5.74) is 1.71. The van der Waals surface area contributed by atoms with E-state index in [1.54, 1.807) is 0 Å². The second kappa shape index (κ2) is 3.74. The van der Waals surface area contributed by atoms with Crippen molar-refractivity contribution in [3.63, 3.8) is 0 Å². The lowest BCUT2D eigenvalue weighted by atomic mass is 9.77. The maximum Gasteiger partial charge on any atom is 0.0159 e. The minimum atomic E-state index is 0.262. The highest BCUT2D eigenvalue weighted by molar-refractivity contribution is 5.26. The van der Waals surface area contributed by atoms with Gasteiger partial charge in [0.1, 0.15) is 0 Å². The molecule has 1 atom stereocenters. The SMILES string of the molecule is CC(C)(c1ccccc1)[C@@H]1CCCN1. The minimum Gasteiger partial charge on any atom is -0.313 e. The van der Waals surface area contributed by atoms with Gasteiger partial charge < -0.3 is 5.32 Å². The van der Waals surface area contributed by atoms with Crippen LogP contribution in [0.15, 0.2) is 30.3 Å². The van der Waals surface area contributed by atoms with E-state index in [0.717, 1.165) is 0 Å². The standard InChI is InChI=1S/C13H19N/c1-13(2,12-9-6-10-14-12)11-7-4-3-5-8-11/h3-5,7-8,12,14H,6,9-10H2,1-2H3/t12-/m0/s1. The van der Waals surface area contributed by atoms with Gasteiger partial charge in [-0.2, -0.15) is 0 Å².